The van der Waals surface area contributed by atoms with E-state index in [0.29, 0.717) is 11.6 Å². The van der Waals surface area contributed by atoms with E-state index in [9.17, 15) is 0 Å². The molecule has 0 saturated carbocycles. The molecular formula is C14H17ClN2O. The maximum absolute atomic E-state index is 9.03. The number of hydrogen-bond acceptors (Lipinski definition) is 2. The Morgan fingerprint density at radius 1 is 1.22 bits per heavy atom. The zero-order valence-corrected chi connectivity index (χ0v) is 11.6. The van der Waals surface area contributed by atoms with Crippen molar-refractivity contribution in [2.45, 2.75) is 27.2 Å². The number of aryl methyl sites for hydroxylation is 3. The van der Waals surface area contributed by atoms with Gasteiger partial charge in [0.15, 0.2) is 0 Å². The van der Waals surface area contributed by atoms with E-state index < -0.39 is 0 Å². The molecular weight excluding hydrogens is 248 g/mol. The number of nitrogens with zero attached hydrogens (tertiary/aromatic N) is 2. The average Bonchev–Trinajstić information content (AvgIpc) is 2.61. The minimum atomic E-state index is 0.0825. The molecule has 0 saturated heterocycles. The summed E-state index contributed by atoms with van der Waals surface area (Å²) in [6.07, 6.45) is 0.537. The highest BCUT2D eigenvalue weighted by Gasteiger charge is 2.14. The summed E-state index contributed by atoms with van der Waals surface area (Å²) in [4.78, 5) is 0. The zero-order valence-electron chi connectivity index (χ0n) is 10.9. The van der Waals surface area contributed by atoms with Crippen LogP contribution in [0.4, 0.5) is 0 Å². The zero-order chi connectivity index (χ0) is 13.3. The molecule has 0 bridgehead atoms. The number of aromatic nitrogens is 2. The van der Waals surface area contributed by atoms with Crippen LogP contribution in [-0.4, -0.2) is 21.5 Å². The first-order valence-electron chi connectivity index (χ1n) is 5.97. The minimum Gasteiger partial charge on any atom is -0.396 e. The predicted octanol–water partition coefficient (Wildman–Crippen LogP) is 2.99. The summed E-state index contributed by atoms with van der Waals surface area (Å²) >= 11 is 6.32. The van der Waals surface area contributed by atoms with Crippen LogP contribution in [0.15, 0.2) is 18.2 Å². The Bertz CT molecular complexity index is 575. The van der Waals surface area contributed by atoms with Gasteiger partial charge in [-0.25, -0.2) is 4.68 Å². The molecule has 1 heterocycles. The molecule has 0 aliphatic rings. The number of aliphatic hydroxyl groups excluding tert-OH is 1. The number of benzene rings is 1. The van der Waals surface area contributed by atoms with Crippen molar-refractivity contribution in [1.82, 2.24) is 9.78 Å². The number of hydrogen-bond donors (Lipinski definition) is 1. The third-order valence-corrected chi connectivity index (χ3v) is 3.61. The van der Waals surface area contributed by atoms with E-state index in [4.69, 9.17) is 16.7 Å². The van der Waals surface area contributed by atoms with E-state index >= 15 is 0 Å². The second kappa shape index (κ2) is 5.12. The predicted molar refractivity (Wildman–Crippen MR) is 73.6 cm³/mol. The van der Waals surface area contributed by atoms with Gasteiger partial charge < -0.3 is 5.11 Å². The summed E-state index contributed by atoms with van der Waals surface area (Å²) in [6.45, 7) is 6.14. The molecule has 3 nitrogen and oxygen atoms in total. The van der Waals surface area contributed by atoms with Gasteiger partial charge in [-0.2, -0.15) is 5.10 Å². The molecule has 0 spiro atoms. The maximum atomic E-state index is 9.03. The van der Waals surface area contributed by atoms with E-state index in [0.717, 1.165) is 16.9 Å². The first kappa shape index (κ1) is 13.1. The second-order valence-electron chi connectivity index (χ2n) is 4.51. The van der Waals surface area contributed by atoms with Gasteiger partial charge in [0.05, 0.1) is 11.4 Å². The molecule has 2 aromatic rings. The molecule has 1 aromatic carbocycles. The van der Waals surface area contributed by atoms with E-state index in [-0.39, 0.29) is 6.61 Å². The van der Waals surface area contributed by atoms with Crippen molar-refractivity contribution in [2.24, 2.45) is 0 Å². The van der Waals surface area contributed by atoms with Crippen LogP contribution in [0, 0.1) is 20.8 Å². The van der Waals surface area contributed by atoms with E-state index in [1.165, 1.54) is 11.1 Å². The topological polar surface area (TPSA) is 38.0 Å². The van der Waals surface area contributed by atoms with Crippen LogP contribution in [0.25, 0.3) is 5.69 Å². The maximum Gasteiger partial charge on any atom is 0.136 e. The molecule has 1 N–H and O–H groups in total. The summed E-state index contributed by atoms with van der Waals surface area (Å²) in [7, 11) is 0. The fraction of sp³-hybridized carbons (Fsp3) is 0.357. The molecule has 4 heteroatoms. The van der Waals surface area contributed by atoms with E-state index in [1.807, 2.05) is 13.0 Å². The Hall–Kier alpha value is -1.32. The van der Waals surface area contributed by atoms with Crippen molar-refractivity contribution in [1.29, 1.82) is 0 Å². The Morgan fingerprint density at radius 2 is 1.94 bits per heavy atom. The van der Waals surface area contributed by atoms with Crippen LogP contribution in [0.3, 0.4) is 0 Å². The highest BCUT2D eigenvalue weighted by atomic mass is 35.5. The van der Waals surface area contributed by atoms with Crippen molar-refractivity contribution in [2.75, 3.05) is 6.61 Å². The van der Waals surface area contributed by atoms with Crippen LogP contribution >= 0.6 is 11.6 Å². The Labute approximate surface area is 112 Å². The van der Waals surface area contributed by atoms with Gasteiger partial charge in [0.25, 0.3) is 0 Å². The van der Waals surface area contributed by atoms with Gasteiger partial charge in [-0.3, -0.25) is 0 Å². The first-order chi connectivity index (χ1) is 8.54. The third-order valence-electron chi connectivity index (χ3n) is 3.22. The standard InChI is InChI=1S/C14H17ClN2O/c1-9-4-5-12(8-10(9)2)17-14(15)13(6-7-18)11(3)16-17/h4-5,8,18H,6-7H2,1-3H3. The lowest BCUT2D eigenvalue weighted by atomic mass is 10.1. The lowest BCUT2D eigenvalue weighted by molar-refractivity contribution is 0.299. The fourth-order valence-electron chi connectivity index (χ4n) is 1.96. The summed E-state index contributed by atoms with van der Waals surface area (Å²) < 4.78 is 1.73. The van der Waals surface area contributed by atoms with Crippen molar-refractivity contribution >= 4 is 11.6 Å². The van der Waals surface area contributed by atoms with Crippen LogP contribution in [0.5, 0.6) is 0 Å². The summed E-state index contributed by atoms with van der Waals surface area (Å²) in [5.41, 5.74) is 5.19. The number of aliphatic hydroxyl groups is 1. The van der Waals surface area contributed by atoms with Gasteiger partial charge in [0.1, 0.15) is 5.15 Å². The van der Waals surface area contributed by atoms with Gasteiger partial charge in [0, 0.05) is 18.6 Å². The lowest BCUT2D eigenvalue weighted by Crippen LogP contribution is -1.98. The molecule has 0 amide bonds. The molecule has 0 atom stereocenters. The molecule has 18 heavy (non-hydrogen) atoms. The SMILES string of the molecule is Cc1ccc(-n2nc(C)c(CCO)c2Cl)cc1C. The highest BCUT2D eigenvalue weighted by Crippen LogP contribution is 2.24. The van der Waals surface area contributed by atoms with Crippen LogP contribution in [-0.2, 0) is 6.42 Å². The fourth-order valence-corrected chi connectivity index (χ4v) is 2.32. The monoisotopic (exact) mass is 264 g/mol. The van der Waals surface area contributed by atoms with Crippen LogP contribution in [0.2, 0.25) is 5.15 Å². The van der Waals surface area contributed by atoms with Crippen molar-refractivity contribution in [3.05, 3.63) is 45.7 Å². The molecule has 0 radical (unpaired) electrons. The minimum absolute atomic E-state index is 0.0825. The molecule has 2 rings (SSSR count). The third kappa shape index (κ3) is 2.28. The molecule has 0 aliphatic heterocycles. The molecule has 1 aromatic heterocycles. The Morgan fingerprint density at radius 3 is 2.56 bits per heavy atom. The molecule has 0 fully saturated rings. The summed E-state index contributed by atoms with van der Waals surface area (Å²) in [6, 6.07) is 6.13. The van der Waals surface area contributed by atoms with Crippen LogP contribution < -0.4 is 0 Å². The van der Waals surface area contributed by atoms with Crippen molar-refractivity contribution in [3.8, 4) is 5.69 Å². The van der Waals surface area contributed by atoms with Crippen molar-refractivity contribution in [3.63, 3.8) is 0 Å². The Kier molecular flexibility index (Phi) is 3.73. The van der Waals surface area contributed by atoms with Gasteiger partial charge in [-0.05, 0) is 44.0 Å². The number of rotatable bonds is 3. The summed E-state index contributed by atoms with van der Waals surface area (Å²) in [5.74, 6) is 0. The van der Waals surface area contributed by atoms with Gasteiger partial charge >= 0.3 is 0 Å². The first-order valence-corrected chi connectivity index (χ1v) is 6.35. The van der Waals surface area contributed by atoms with Gasteiger partial charge in [-0.15, -0.1) is 0 Å². The molecule has 96 valence electrons. The van der Waals surface area contributed by atoms with E-state index in [2.05, 4.69) is 31.1 Å². The largest absolute Gasteiger partial charge is 0.396 e. The Balaban J connectivity index is 2.50. The van der Waals surface area contributed by atoms with Crippen LogP contribution in [0.1, 0.15) is 22.4 Å². The quantitative estimate of drug-likeness (QED) is 0.926. The van der Waals surface area contributed by atoms with Crippen molar-refractivity contribution < 1.29 is 5.11 Å². The summed E-state index contributed by atoms with van der Waals surface area (Å²) in [5, 5.41) is 14.1. The smallest absolute Gasteiger partial charge is 0.136 e. The lowest BCUT2D eigenvalue weighted by Gasteiger charge is -2.06. The van der Waals surface area contributed by atoms with Gasteiger partial charge in [-0.1, -0.05) is 17.7 Å². The normalized spacial score (nSPS) is 10.9. The van der Waals surface area contributed by atoms with Gasteiger partial charge in [0.2, 0.25) is 0 Å². The highest BCUT2D eigenvalue weighted by molar-refractivity contribution is 6.30. The van der Waals surface area contributed by atoms with E-state index in [1.54, 1.807) is 4.68 Å². The molecule has 0 unspecified atom stereocenters. The average molecular weight is 265 g/mol. The second-order valence-corrected chi connectivity index (χ2v) is 4.87. The number of halogens is 1. The molecule has 0 aliphatic carbocycles.